The molecule has 1 N–H and O–H groups in total. The van der Waals surface area contributed by atoms with Crippen molar-refractivity contribution in [3.05, 3.63) is 47.7 Å². The summed E-state index contributed by atoms with van der Waals surface area (Å²) in [5, 5.41) is 6.19. The molecule has 0 amide bonds. The number of rotatable bonds is 4. The molecule has 0 aliphatic carbocycles. The van der Waals surface area contributed by atoms with Gasteiger partial charge in [-0.3, -0.25) is 0 Å². The van der Waals surface area contributed by atoms with Gasteiger partial charge in [0.25, 0.3) is 0 Å². The van der Waals surface area contributed by atoms with Gasteiger partial charge in [-0.25, -0.2) is 4.98 Å². The lowest BCUT2D eigenvalue weighted by Gasteiger charge is -2.08. The molecule has 102 valence electrons. The van der Waals surface area contributed by atoms with Crippen LogP contribution in [-0.2, 0) is 0 Å². The Balaban J connectivity index is 1.81. The van der Waals surface area contributed by atoms with Gasteiger partial charge < -0.3 is 14.5 Å². The van der Waals surface area contributed by atoms with Crippen molar-refractivity contribution >= 4 is 22.2 Å². The standard InChI is InChI=1S/C15H14N2O2S/c1-10-7-12(18-2)3-4-13(10)16-15-17-14(9-20-15)11-5-6-19-8-11/h3-9H,1-2H3,(H,16,17). The Bertz CT molecular complexity index is 704. The van der Waals surface area contributed by atoms with Crippen molar-refractivity contribution in [2.24, 2.45) is 0 Å². The van der Waals surface area contributed by atoms with E-state index >= 15 is 0 Å². The largest absolute Gasteiger partial charge is 0.497 e. The molecule has 2 heterocycles. The number of furan rings is 1. The second-order valence-electron chi connectivity index (χ2n) is 4.36. The van der Waals surface area contributed by atoms with E-state index in [4.69, 9.17) is 9.15 Å². The summed E-state index contributed by atoms with van der Waals surface area (Å²) in [6.45, 7) is 2.04. The summed E-state index contributed by atoms with van der Waals surface area (Å²) in [5.74, 6) is 0.853. The minimum atomic E-state index is 0.853. The second-order valence-corrected chi connectivity index (χ2v) is 5.21. The summed E-state index contributed by atoms with van der Waals surface area (Å²) in [4.78, 5) is 4.55. The van der Waals surface area contributed by atoms with E-state index in [2.05, 4.69) is 10.3 Å². The molecule has 0 saturated carbocycles. The summed E-state index contributed by atoms with van der Waals surface area (Å²) in [6, 6.07) is 7.82. The van der Waals surface area contributed by atoms with Gasteiger partial charge >= 0.3 is 0 Å². The molecule has 0 aliphatic heterocycles. The van der Waals surface area contributed by atoms with E-state index in [9.17, 15) is 0 Å². The summed E-state index contributed by atoms with van der Waals surface area (Å²) in [6.07, 6.45) is 3.34. The van der Waals surface area contributed by atoms with Gasteiger partial charge in [0.1, 0.15) is 5.75 Å². The first kappa shape index (κ1) is 12.7. The maximum absolute atomic E-state index is 5.20. The Labute approximate surface area is 121 Å². The van der Waals surface area contributed by atoms with Gasteiger partial charge in [0.2, 0.25) is 0 Å². The number of methoxy groups -OCH3 is 1. The van der Waals surface area contributed by atoms with Crippen molar-refractivity contribution in [1.29, 1.82) is 0 Å². The van der Waals surface area contributed by atoms with Gasteiger partial charge in [0.15, 0.2) is 5.13 Å². The topological polar surface area (TPSA) is 47.3 Å². The molecule has 0 saturated heterocycles. The van der Waals surface area contributed by atoms with Crippen molar-refractivity contribution in [3.8, 4) is 17.0 Å². The number of aryl methyl sites for hydroxylation is 1. The van der Waals surface area contributed by atoms with Crippen LogP contribution in [0.15, 0.2) is 46.6 Å². The predicted octanol–water partition coefficient (Wildman–Crippen LogP) is 4.46. The maximum Gasteiger partial charge on any atom is 0.187 e. The van der Waals surface area contributed by atoms with Crippen LogP contribution in [0.4, 0.5) is 10.8 Å². The summed E-state index contributed by atoms with van der Waals surface area (Å²) >= 11 is 1.57. The van der Waals surface area contributed by atoms with Crippen molar-refractivity contribution in [2.45, 2.75) is 6.92 Å². The van der Waals surface area contributed by atoms with Crippen LogP contribution in [0.25, 0.3) is 11.3 Å². The highest BCUT2D eigenvalue weighted by Gasteiger charge is 2.07. The molecule has 0 radical (unpaired) electrons. The zero-order valence-corrected chi connectivity index (χ0v) is 12.0. The molecule has 0 spiro atoms. The molecule has 1 aromatic carbocycles. The quantitative estimate of drug-likeness (QED) is 0.769. The number of benzene rings is 1. The Morgan fingerprint density at radius 3 is 2.90 bits per heavy atom. The van der Waals surface area contributed by atoms with Gasteiger partial charge in [-0.05, 0) is 36.8 Å². The van der Waals surface area contributed by atoms with Crippen LogP contribution in [0.2, 0.25) is 0 Å². The summed E-state index contributed by atoms with van der Waals surface area (Å²) in [5.41, 5.74) is 4.04. The molecule has 4 nitrogen and oxygen atoms in total. The third kappa shape index (κ3) is 2.53. The Morgan fingerprint density at radius 2 is 2.20 bits per heavy atom. The molecule has 0 unspecified atom stereocenters. The molecule has 5 heteroatoms. The molecule has 2 aromatic heterocycles. The zero-order chi connectivity index (χ0) is 13.9. The lowest BCUT2D eigenvalue weighted by molar-refractivity contribution is 0.414. The van der Waals surface area contributed by atoms with E-state index < -0.39 is 0 Å². The molecular formula is C15H14N2O2S. The number of hydrogen-bond donors (Lipinski definition) is 1. The molecule has 0 fully saturated rings. The van der Waals surface area contributed by atoms with Gasteiger partial charge in [-0.2, -0.15) is 0 Å². The lowest BCUT2D eigenvalue weighted by Crippen LogP contribution is -1.93. The fourth-order valence-corrected chi connectivity index (χ4v) is 2.62. The first-order valence-corrected chi connectivity index (χ1v) is 7.04. The Kier molecular flexibility index (Phi) is 3.43. The van der Waals surface area contributed by atoms with Crippen LogP contribution in [-0.4, -0.2) is 12.1 Å². The average Bonchev–Trinajstić information content (AvgIpc) is 3.11. The van der Waals surface area contributed by atoms with Crippen molar-refractivity contribution in [1.82, 2.24) is 4.98 Å². The number of aromatic nitrogens is 1. The van der Waals surface area contributed by atoms with Crippen LogP contribution in [0.3, 0.4) is 0 Å². The van der Waals surface area contributed by atoms with E-state index in [1.165, 1.54) is 0 Å². The summed E-state index contributed by atoms with van der Waals surface area (Å²) < 4.78 is 10.3. The number of hydrogen-bond acceptors (Lipinski definition) is 5. The Morgan fingerprint density at radius 1 is 1.30 bits per heavy atom. The van der Waals surface area contributed by atoms with Gasteiger partial charge in [0, 0.05) is 16.6 Å². The van der Waals surface area contributed by atoms with Gasteiger partial charge in [0.05, 0.1) is 25.3 Å². The van der Waals surface area contributed by atoms with E-state index in [0.717, 1.165) is 33.4 Å². The van der Waals surface area contributed by atoms with E-state index in [1.54, 1.807) is 31.0 Å². The smallest absolute Gasteiger partial charge is 0.187 e. The minimum Gasteiger partial charge on any atom is -0.497 e. The van der Waals surface area contributed by atoms with E-state index in [1.807, 2.05) is 36.6 Å². The zero-order valence-electron chi connectivity index (χ0n) is 11.2. The van der Waals surface area contributed by atoms with E-state index in [0.29, 0.717) is 0 Å². The first-order chi connectivity index (χ1) is 9.76. The van der Waals surface area contributed by atoms with Crippen molar-refractivity contribution in [2.75, 3.05) is 12.4 Å². The molecule has 0 atom stereocenters. The van der Waals surface area contributed by atoms with E-state index in [-0.39, 0.29) is 0 Å². The second kappa shape index (κ2) is 5.38. The third-order valence-corrected chi connectivity index (χ3v) is 3.75. The highest BCUT2D eigenvalue weighted by Crippen LogP contribution is 2.29. The number of ether oxygens (including phenoxy) is 1. The number of thiazole rings is 1. The highest BCUT2D eigenvalue weighted by molar-refractivity contribution is 7.14. The lowest BCUT2D eigenvalue weighted by atomic mass is 10.2. The predicted molar refractivity (Wildman–Crippen MR) is 80.8 cm³/mol. The molecule has 0 aliphatic rings. The summed E-state index contributed by atoms with van der Waals surface area (Å²) in [7, 11) is 1.67. The van der Waals surface area contributed by atoms with Crippen LogP contribution in [0.5, 0.6) is 5.75 Å². The molecule has 0 bridgehead atoms. The van der Waals surface area contributed by atoms with Crippen LogP contribution >= 0.6 is 11.3 Å². The first-order valence-electron chi connectivity index (χ1n) is 6.16. The SMILES string of the molecule is COc1ccc(Nc2nc(-c3ccoc3)cs2)c(C)c1. The van der Waals surface area contributed by atoms with Crippen molar-refractivity contribution in [3.63, 3.8) is 0 Å². The number of nitrogens with one attached hydrogen (secondary N) is 1. The highest BCUT2D eigenvalue weighted by atomic mass is 32.1. The van der Waals surface area contributed by atoms with Crippen molar-refractivity contribution < 1.29 is 9.15 Å². The fraction of sp³-hybridized carbons (Fsp3) is 0.133. The fourth-order valence-electron chi connectivity index (χ4n) is 1.89. The molecule has 20 heavy (non-hydrogen) atoms. The third-order valence-electron chi connectivity index (χ3n) is 3.00. The minimum absolute atomic E-state index is 0.853. The maximum atomic E-state index is 5.20. The Hall–Kier alpha value is -2.27. The number of anilines is 2. The van der Waals surface area contributed by atoms with Crippen LogP contribution in [0, 0.1) is 6.92 Å². The molecule has 3 rings (SSSR count). The molecule has 3 aromatic rings. The van der Waals surface area contributed by atoms with Gasteiger partial charge in [-0.15, -0.1) is 11.3 Å². The number of nitrogens with zero attached hydrogens (tertiary/aromatic N) is 1. The monoisotopic (exact) mass is 286 g/mol. The van der Waals surface area contributed by atoms with Crippen LogP contribution < -0.4 is 10.1 Å². The molecular weight excluding hydrogens is 272 g/mol. The average molecular weight is 286 g/mol. The van der Waals surface area contributed by atoms with Crippen LogP contribution in [0.1, 0.15) is 5.56 Å². The normalized spacial score (nSPS) is 10.5. The van der Waals surface area contributed by atoms with Gasteiger partial charge in [-0.1, -0.05) is 0 Å².